The van der Waals surface area contributed by atoms with Crippen molar-refractivity contribution in [3.8, 4) is 0 Å². The highest BCUT2D eigenvalue weighted by molar-refractivity contribution is 6.28. The summed E-state index contributed by atoms with van der Waals surface area (Å²) in [6.45, 7) is 1.93. The topological polar surface area (TPSA) is 35.0 Å². The number of methoxy groups -OCH3 is 1. The monoisotopic (exact) mass is 212 g/mol. The molecule has 14 heavy (non-hydrogen) atoms. The predicted octanol–water partition coefficient (Wildman–Crippen LogP) is 2.33. The average Bonchev–Trinajstić information content (AvgIpc) is 2.00. The van der Waals surface area contributed by atoms with Crippen LogP contribution in [-0.4, -0.2) is 23.2 Å². The second-order valence-electron chi connectivity index (χ2n) is 3.73. The molecule has 0 bridgehead atoms. The molecule has 0 saturated heterocycles. The largest absolute Gasteiger partial charge is 0.381 e. The van der Waals surface area contributed by atoms with Crippen molar-refractivity contribution in [2.45, 2.75) is 31.8 Å². The van der Waals surface area contributed by atoms with Gasteiger partial charge in [0.25, 0.3) is 0 Å². The summed E-state index contributed by atoms with van der Waals surface area (Å²) in [6, 6.07) is 2.00. The van der Waals surface area contributed by atoms with Gasteiger partial charge in [0.15, 0.2) is 0 Å². The number of nitrogens with zero attached hydrogens (tertiary/aromatic N) is 2. The Hall–Kier alpha value is -0.670. The predicted molar refractivity (Wildman–Crippen MR) is 54.6 cm³/mol. The molecule has 1 aromatic heterocycles. The lowest BCUT2D eigenvalue weighted by Gasteiger charge is -2.33. The molecule has 0 amide bonds. The molecule has 0 spiro atoms. The highest BCUT2D eigenvalue weighted by atomic mass is 35.5. The van der Waals surface area contributed by atoms with Gasteiger partial charge in [-0.3, -0.25) is 0 Å². The Balaban J connectivity index is 2.10. The second-order valence-corrected chi connectivity index (χ2v) is 4.07. The fourth-order valence-corrected chi connectivity index (χ4v) is 2.00. The minimum atomic E-state index is 0.348. The van der Waals surface area contributed by atoms with Gasteiger partial charge in [0.05, 0.1) is 6.10 Å². The molecule has 0 N–H and O–H groups in total. The minimum absolute atomic E-state index is 0.348. The van der Waals surface area contributed by atoms with Gasteiger partial charge in [-0.15, -0.1) is 0 Å². The van der Waals surface area contributed by atoms with E-state index in [9.17, 15) is 0 Å². The van der Waals surface area contributed by atoms with Gasteiger partial charge in [-0.05, 0) is 37.4 Å². The molecule has 0 aromatic carbocycles. The molecule has 1 saturated carbocycles. The van der Waals surface area contributed by atoms with Crippen LogP contribution in [0.25, 0.3) is 0 Å². The van der Waals surface area contributed by atoms with E-state index < -0.39 is 0 Å². The standard InChI is InChI=1S/C10H13ClN2O/c1-6-3-9(13-10(11)12-6)7-4-8(5-7)14-2/h3,7-8H,4-5H2,1-2H3. The smallest absolute Gasteiger partial charge is 0.222 e. The Morgan fingerprint density at radius 3 is 2.71 bits per heavy atom. The van der Waals surface area contributed by atoms with Crippen molar-refractivity contribution < 1.29 is 4.74 Å². The number of aryl methyl sites for hydroxylation is 1. The maximum Gasteiger partial charge on any atom is 0.222 e. The van der Waals surface area contributed by atoms with Crippen LogP contribution in [0.1, 0.15) is 30.1 Å². The molecule has 1 heterocycles. The van der Waals surface area contributed by atoms with Crippen LogP contribution in [0.3, 0.4) is 0 Å². The Bertz CT molecular complexity index is 317. The quantitative estimate of drug-likeness (QED) is 0.706. The lowest BCUT2D eigenvalue weighted by molar-refractivity contribution is 0.0247. The first-order chi connectivity index (χ1) is 6.69. The van der Waals surface area contributed by atoms with Gasteiger partial charge in [0.2, 0.25) is 5.28 Å². The van der Waals surface area contributed by atoms with Crippen LogP contribution in [-0.2, 0) is 4.74 Å². The Labute approximate surface area is 88.5 Å². The summed E-state index contributed by atoms with van der Waals surface area (Å²) in [6.07, 6.45) is 2.49. The van der Waals surface area contributed by atoms with E-state index in [0.29, 0.717) is 17.3 Å². The molecule has 1 fully saturated rings. The third-order valence-corrected chi connectivity index (χ3v) is 2.86. The van der Waals surface area contributed by atoms with Gasteiger partial charge in [-0.2, -0.15) is 0 Å². The Morgan fingerprint density at radius 2 is 2.14 bits per heavy atom. The molecule has 76 valence electrons. The molecular weight excluding hydrogens is 200 g/mol. The molecular formula is C10H13ClN2O. The van der Waals surface area contributed by atoms with Crippen molar-refractivity contribution in [1.82, 2.24) is 9.97 Å². The van der Waals surface area contributed by atoms with E-state index in [1.807, 2.05) is 13.0 Å². The zero-order valence-corrected chi connectivity index (χ0v) is 9.08. The summed E-state index contributed by atoms with van der Waals surface area (Å²) in [5.74, 6) is 0.499. The van der Waals surface area contributed by atoms with Crippen molar-refractivity contribution >= 4 is 11.6 Å². The lowest BCUT2D eigenvalue weighted by atomic mass is 9.80. The van der Waals surface area contributed by atoms with E-state index in [4.69, 9.17) is 16.3 Å². The first-order valence-corrected chi connectivity index (χ1v) is 5.10. The molecule has 1 aromatic rings. The van der Waals surface area contributed by atoms with Crippen molar-refractivity contribution in [2.24, 2.45) is 0 Å². The van der Waals surface area contributed by atoms with Crippen LogP contribution in [0.5, 0.6) is 0 Å². The van der Waals surface area contributed by atoms with Crippen molar-refractivity contribution in [3.63, 3.8) is 0 Å². The van der Waals surface area contributed by atoms with Crippen LogP contribution in [0.2, 0.25) is 5.28 Å². The van der Waals surface area contributed by atoms with Gasteiger partial charge < -0.3 is 4.74 Å². The van der Waals surface area contributed by atoms with Gasteiger partial charge in [0, 0.05) is 24.4 Å². The van der Waals surface area contributed by atoms with E-state index in [2.05, 4.69) is 9.97 Å². The molecule has 3 nitrogen and oxygen atoms in total. The van der Waals surface area contributed by atoms with Crippen LogP contribution < -0.4 is 0 Å². The average molecular weight is 213 g/mol. The number of rotatable bonds is 2. The number of aromatic nitrogens is 2. The summed E-state index contributed by atoms with van der Waals surface area (Å²) in [4.78, 5) is 8.26. The molecule has 2 rings (SSSR count). The third-order valence-electron chi connectivity index (χ3n) is 2.69. The number of halogens is 1. The van der Waals surface area contributed by atoms with Crippen molar-refractivity contribution in [3.05, 3.63) is 22.7 Å². The van der Waals surface area contributed by atoms with E-state index in [1.165, 1.54) is 0 Å². The Morgan fingerprint density at radius 1 is 1.43 bits per heavy atom. The fourth-order valence-electron chi connectivity index (χ4n) is 1.76. The van der Waals surface area contributed by atoms with Crippen LogP contribution in [0.15, 0.2) is 6.07 Å². The first-order valence-electron chi connectivity index (χ1n) is 4.73. The number of ether oxygens (including phenoxy) is 1. The first kappa shape index (κ1) is 9.87. The van der Waals surface area contributed by atoms with E-state index in [-0.39, 0.29) is 0 Å². The summed E-state index contributed by atoms with van der Waals surface area (Å²) in [5.41, 5.74) is 1.98. The molecule has 0 unspecified atom stereocenters. The van der Waals surface area contributed by atoms with Gasteiger partial charge >= 0.3 is 0 Å². The molecule has 1 aliphatic rings. The van der Waals surface area contributed by atoms with E-state index in [0.717, 1.165) is 24.2 Å². The van der Waals surface area contributed by atoms with E-state index in [1.54, 1.807) is 7.11 Å². The maximum absolute atomic E-state index is 5.79. The zero-order valence-electron chi connectivity index (χ0n) is 8.33. The minimum Gasteiger partial charge on any atom is -0.381 e. The highest BCUT2D eigenvalue weighted by Crippen LogP contribution is 2.37. The second kappa shape index (κ2) is 3.83. The van der Waals surface area contributed by atoms with Crippen LogP contribution in [0, 0.1) is 6.92 Å². The normalized spacial score (nSPS) is 25.9. The lowest BCUT2D eigenvalue weighted by Crippen LogP contribution is -2.29. The number of hydrogen-bond acceptors (Lipinski definition) is 3. The van der Waals surface area contributed by atoms with Crippen molar-refractivity contribution in [2.75, 3.05) is 7.11 Å². The molecule has 4 heteroatoms. The summed E-state index contributed by atoms with van der Waals surface area (Å²) < 4.78 is 5.22. The zero-order chi connectivity index (χ0) is 10.1. The third kappa shape index (κ3) is 1.88. The molecule has 0 radical (unpaired) electrons. The molecule has 1 aliphatic carbocycles. The van der Waals surface area contributed by atoms with Gasteiger partial charge in [-0.25, -0.2) is 9.97 Å². The Kier molecular flexibility index (Phi) is 2.70. The molecule has 0 aliphatic heterocycles. The SMILES string of the molecule is COC1CC(c2cc(C)nc(Cl)n2)C1. The van der Waals surface area contributed by atoms with Crippen LogP contribution in [0.4, 0.5) is 0 Å². The van der Waals surface area contributed by atoms with Gasteiger partial charge in [0.1, 0.15) is 0 Å². The molecule has 0 atom stereocenters. The summed E-state index contributed by atoms with van der Waals surface area (Å²) >= 11 is 5.79. The van der Waals surface area contributed by atoms with Crippen molar-refractivity contribution in [1.29, 1.82) is 0 Å². The summed E-state index contributed by atoms with van der Waals surface area (Å²) in [7, 11) is 1.75. The number of hydrogen-bond donors (Lipinski definition) is 0. The van der Waals surface area contributed by atoms with E-state index >= 15 is 0 Å². The van der Waals surface area contributed by atoms with Crippen LogP contribution >= 0.6 is 11.6 Å². The highest BCUT2D eigenvalue weighted by Gasteiger charge is 2.31. The van der Waals surface area contributed by atoms with Gasteiger partial charge in [-0.1, -0.05) is 0 Å². The fraction of sp³-hybridized carbons (Fsp3) is 0.600. The maximum atomic E-state index is 5.79. The summed E-state index contributed by atoms with van der Waals surface area (Å²) in [5, 5.41) is 0.348.